The second-order valence-corrected chi connectivity index (χ2v) is 4.26. The van der Waals surface area contributed by atoms with Crippen LogP contribution in [0.1, 0.15) is 16.7 Å². The van der Waals surface area contributed by atoms with Crippen molar-refractivity contribution in [3.8, 4) is 5.75 Å². The van der Waals surface area contributed by atoms with Gasteiger partial charge in [-0.3, -0.25) is 0 Å². The van der Waals surface area contributed by atoms with Crippen molar-refractivity contribution in [1.82, 2.24) is 0 Å². The molecule has 3 heteroatoms. The number of hydrogen-bond acceptors (Lipinski definition) is 3. The van der Waals surface area contributed by atoms with Crippen molar-refractivity contribution in [2.45, 2.75) is 13.8 Å². The molecule has 0 radical (unpaired) electrons. The van der Waals surface area contributed by atoms with E-state index in [-0.39, 0.29) is 5.63 Å². The van der Waals surface area contributed by atoms with Crippen molar-refractivity contribution >= 4 is 17.0 Å². The van der Waals surface area contributed by atoms with Crippen LogP contribution in [-0.2, 0) is 0 Å². The number of aryl methyl sites for hydroxylation is 2. The average molecular weight is 228 g/mol. The summed E-state index contributed by atoms with van der Waals surface area (Å²) in [5.41, 5.74) is 3.18. The molecule has 0 aliphatic carbocycles. The summed E-state index contributed by atoms with van der Waals surface area (Å²) in [7, 11) is 0. The molecular formula is C14H12O3. The lowest BCUT2D eigenvalue weighted by molar-refractivity contribution is 0.355. The zero-order valence-electron chi connectivity index (χ0n) is 9.74. The van der Waals surface area contributed by atoms with Crippen molar-refractivity contribution in [2.75, 3.05) is 6.61 Å². The highest BCUT2D eigenvalue weighted by atomic mass is 16.5. The topological polar surface area (TPSA) is 39.4 Å². The van der Waals surface area contributed by atoms with Gasteiger partial charge in [0.2, 0.25) is 0 Å². The van der Waals surface area contributed by atoms with Crippen molar-refractivity contribution in [3.05, 3.63) is 45.3 Å². The third-order valence-corrected chi connectivity index (χ3v) is 3.07. The van der Waals surface area contributed by atoms with Crippen molar-refractivity contribution in [3.63, 3.8) is 0 Å². The molecule has 1 aromatic carbocycles. The number of benzene rings is 1. The quantitative estimate of drug-likeness (QED) is 0.651. The van der Waals surface area contributed by atoms with Gasteiger partial charge in [0.1, 0.15) is 17.9 Å². The molecule has 0 saturated heterocycles. The molecule has 3 nitrogen and oxygen atoms in total. The Hall–Kier alpha value is -2.03. The molecule has 3 rings (SSSR count). The first-order valence-corrected chi connectivity index (χ1v) is 5.54. The molecular weight excluding hydrogens is 216 g/mol. The predicted molar refractivity (Wildman–Crippen MR) is 66.5 cm³/mol. The minimum Gasteiger partial charge on any atom is -0.488 e. The average Bonchev–Trinajstić information content (AvgIpc) is 2.31. The second kappa shape index (κ2) is 3.48. The van der Waals surface area contributed by atoms with Gasteiger partial charge in [0.05, 0.1) is 0 Å². The van der Waals surface area contributed by atoms with Gasteiger partial charge in [0.15, 0.2) is 0 Å². The lowest BCUT2D eigenvalue weighted by atomic mass is 10.0. The van der Waals surface area contributed by atoms with Crippen LogP contribution in [0.3, 0.4) is 0 Å². The standard InChI is InChI=1S/C14H12O3/c1-8-6-12(15)17-14-9(2)13-10(7-11(8)14)4-3-5-16-13/h3-4,6-7H,5H2,1-2H3. The fourth-order valence-corrected chi connectivity index (χ4v) is 2.24. The Balaban J connectivity index is 2.49. The molecule has 1 aliphatic heterocycles. The Labute approximate surface area is 98.3 Å². The third kappa shape index (κ3) is 1.46. The van der Waals surface area contributed by atoms with Crippen LogP contribution in [0.15, 0.2) is 27.4 Å². The molecule has 1 aliphatic rings. The van der Waals surface area contributed by atoms with Gasteiger partial charge in [0.25, 0.3) is 0 Å². The van der Waals surface area contributed by atoms with E-state index in [4.69, 9.17) is 9.15 Å². The van der Waals surface area contributed by atoms with E-state index in [2.05, 4.69) is 0 Å². The van der Waals surface area contributed by atoms with Gasteiger partial charge in [-0.05, 0) is 31.6 Å². The van der Waals surface area contributed by atoms with E-state index in [9.17, 15) is 4.79 Å². The van der Waals surface area contributed by atoms with Crippen LogP contribution in [-0.4, -0.2) is 6.61 Å². The van der Waals surface area contributed by atoms with Crippen molar-refractivity contribution in [1.29, 1.82) is 0 Å². The van der Waals surface area contributed by atoms with Gasteiger partial charge >= 0.3 is 5.63 Å². The summed E-state index contributed by atoms with van der Waals surface area (Å²) in [5, 5.41) is 0.969. The van der Waals surface area contributed by atoms with Gasteiger partial charge in [0, 0.05) is 22.6 Å². The van der Waals surface area contributed by atoms with E-state index in [1.807, 2.05) is 32.1 Å². The molecule has 1 aromatic heterocycles. The Morgan fingerprint density at radius 1 is 1.24 bits per heavy atom. The first kappa shape index (κ1) is 10.1. The molecule has 0 bridgehead atoms. The highest BCUT2D eigenvalue weighted by Gasteiger charge is 2.15. The Bertz CT molecular complexity index is 693. The van der Waals surface area contributed by atoms with Gasteiger partial charge in [-0.1, -0.05) is 6.08 Å². The van der Waals surface area contributed by atoms with E-state index in [1.54, 1.807) is 0 Å². The van der Waals surface area contributed by atoms with Gasteiger partial charge in [-0.25, -0.2) is 4.79 Å². The first-order valence-electron chi connectivity index (χ1n) is 5.54. The molecule has 0 N–H and O–H groups in total. The third-order valence-electron chi connectivity index (χ3n) is 3.07. The number of rotatable bonds is 0. The predicted octanol–water partition coefficient (Wildman–Crippen LogP) is 2.82. The van der Waals surface area contributed by atoms with Gasteiger partial charge in [-0.2, -0.15) is 0 Å². The molecule has 0 spiro atoms. The summed E-state index contributed by atoms with van der Waals surface area (Å²) in [5.74, 6) is 0.814. The maximum Gasteiger partial charge on any atom is 0.336 e. The number of fused-ring (bicyclic) bond motifs is 2. The minimum absolute atomic E-state index is 0.315. The molecule has 0 amide bonds. The van der Waals surface area contributed by atoms with Crippen LogP contribution < -0.4 is 10.4 Å². The Kier molecular flexibility index (Phi) is 2.08. The molecule has 2 heterocycles. The first-order chi connectivity index (χ1) is 8.16. The molecule has 17 heavy (non-hydrogen) atoms. The Morgan fingerprint density at radius 3 is 2.88 bits per heavy atom. The maximum atomic E-state index is 11.4. The summed E-state index contributed by atoms with van der Waals surface area (Å²) >= 11 is 0. The molecule has 0 atom stereocenters. The minimum atomic E-state index is -0.315. The summed E-state index contributed by atoms with van der Waals surface area (Å²) in [6.07, 6.45) is 4.01. The highest BCUT2D eigenvalue weighted by Crippen LogP contribution is 2.34. The second-order valence-electron chi connectivity index (χ2n) is 4.26. The fraction of sp³-hybridized carbons (Fsp3) is 0.214. The van der Waals surface area contributed by atoms with E-state index < -0.39 is 0 Å². The van der Waals surface area contributed by atoms with E-state index >= 15 is 0 Å². The molecule has 86 valence electrons. The summed E-state index contributed by atoms with van der Waals surface area (Å²) in [6.45, 7) is 4.40. The van der Waals surface area contributed by atoms with Crippen LogP contribution in [0.25, 0.3) is 17.0 Å². The Morgan fingerprint density at radius 2 is 2.06 bits per heavy atom. The summed E-state index contributed by atoms with van der Waals surface area (Å²) < 4.78 is 10.9. The van der Waals surface area contributed by atoms with Gasteiger partial charge < -0.3 is 9.15 Å². The van der Waals surface area contributed by atoms with E-state index in [0.717, 1.165) is 27.8 Å². The van der Waals surface area contributed by atoms with Crippen LogP contribution in [0.2, 0.25) is 0 Å². The largest absolute Gasteiger partial charge is 0.488 e. The smallest absolute Gasteiger partial charge is 0.336 e. The van der Waals surface area contributed by atoms with Crippen LogP contribution in [0.4, 0.5) is 0 Å². The zero-order valence-corrected chi connectivity index (χ0v) is 9.74. The SMILES string of the molecule is Cc1cc(=O)oc2c(C)c3c(cc12)C=CCO3. The highest BCUT2D eigenvalue weighted by molar-refractivity contribution is 5.88. The van der Waals surface area contributed by atoms with Gasteiger partial charge in [-0.15, -0.1) is 0 Å². The van der Waals surface area contributed by atoms with Crippen molar-refractivity contribution < 1.29 is 9.15 Å². The van der Waals surface area contributed by atoms with Crippen molar-refractivity contribution in [2.24, 2.45) is 0 Å². The molecule has 0 unspecified atom stereocenters. The van der Waals surface area contributed by atoms with E-state index in [1.165, 1.54) is 6.07 Å². The van der Waals surface area contributed by atoms with Crippen LogP contribution in [0, 0.1) is 13.8 Å². The maximum absolute atomic E-state index is 11.4. The zero-order chi connectivity index (χ0) is 12.0. The van der Waals surface area contributed by atoms with E-state index in [0.29, 0.717) is 12.2 Å². The lowest BCUT2D eigenvalue weighted by Crippen LogP contribution is -2.05. The molecule has 2 aromatic rings. The fourth-order valence-electron chi connectivity index (χ4n) is 2.24. The summed E-state index contributed by atoms with van der Waals surface area (Å²) in [4.78, 5) is 11.4. The monoisotopic (exact) mass is 228 g/mol. The van der Waals surface area contributed by atoms with Crippen LogP contribution in [0.5, 0.6) is 5.75 Å². The van der Waals surface area contributed by atoms with Crippen LogP contribution >= 0.6 is 0 Å². The number of ether oxygens (including phenoxy) is 1. The lowest BCUT2D eigenvalue weighted by Gasteiger charge is -2.16. The number of hydrogen-bond donors (Lipinski definition) is 0. The normalized spacial score (nSPS) is 13.5. The molecule has 0 saturated carbocycles. The summed E-state index contributed by atoms with van der Waals surface area (Å²) in [6, 6.07) is 3.52. The molecule has 0 fully saturated rings.